The highest BCUT2D eigenvalue weighted by Gasteiger charge is 2.14. The van der Waals surface area contributed by atoms with Crippen LogP contribution in [0.5, 0.6) is 0 Å². The number of benzene rings is 3. The molecule has 41 heavy (non-hydrogen) atoms. The minimum absolute atomic E-state index is 0.0494. The van der Waals surface area contributed by atoms with Crippen LogP contribution in [0.2, 0.25) is 5.02 Å². The number of carbonyl (C=O) groups excluding carboxylic acids is 2. The second-order valence-electron chi connectivity index (χ2n) is 9.83. The van der Waals surface area contributed by atoms with Crippen LogP contribution in [0.3, 0.4) is 0 Å². The number of carbonyl (C=O) groups is 2. The highest BCUT2D eigenvalue weighted by atomic mass is 35.5. The number of hydrogen-bond acceptors (Lipinski definition) is 6. The molecule has 0 aliphatic rings. The lowest BCUT2D eigenvalue weighted by Gasteiger charge is -2.11. The summed E-state index contributed by atoms with van der Waals surface area (Å²) in [5.41, 5.74) is 4.90. The van der Waals surface area contributed by atoms with Crippen LogP contribution in [-0.2, 0) is 4.79 Å². The number of halogens is 1. The van der Waals surface area contributed by atoms with E-state index in [0.717, 1.165) is 29.4 Å². The van der Waals surface area contributed by atoms with E-state index >= 15 is 0 Å². The minimum Gasteiger partial charge on any atom is -0.360 e. The molecule has 0 spiro atoms. The first kappa shape index (κ1) is 27.8. The summed E-state index contributed by atoms with van der Waals surface area (Å²) in [6.45, 7) is 0.849. The molecule has 0 saturated carbocycles. The molecule has 10 heteroatoms. The summed E-state index contributed by atoms with van der Waals surface area (Å²) in [6, 6.07) is 22.0. The maximum atomic E-state index is 12.9. The van der Waals surface area contributed by atoms with Gasteiger partial charge >= 0.3 is 0 Å². The summed E-state index contributed by atoms with van der Waals surface area (Å²) < 4.78 is 0. The van der Waals surface area contributed by atoms with Crippen LogP contribution >= 0.6 is 11.6 Å². The molecule has 5 rings (SSSR count). The first-order chi connectivity index (χ1) is 19.9. The maximum absolute atomic E-state index is 12.9. The van der Waals surface area contributed by atoms with Crippen LogP contribution in [0, 0.1) is 0 Å². The van der Waals surface area contributed by atoms with Gasteiger partial charge in [-0.2, -0.15) is 0 Å². The van der Waals surface area contributed by atoms with Crippen molar-refractivity contribution < 1.29 is 9.59 Å². The van der Waals surface area contributed by atoms with Gasteiger partial charge in [0.2, 0.25) is 11.9 Å². The third kappa shape index (κ3) is 7.08. The topological polar surface area (TPSA) is 115 Å². The average molecular weight is 568 g/mol. The van der Waals surface area contributed by atoms with Crippen molar-refractivity contribution in [1.29, 1.82) is 0 Å². The van der Waals surface area contributed by atoms with E-state index in [1.54, 1.807) is 42.6 Å². The zero-order valence-electron chi connectivity index (χ0n) is 22.7. The monoisotopic (exact) mass is 567 g/mol. The van der Waals surface area contributed by atoms with Gasteiger partial charge in [0.1, 0.15) is 0 Å². The number of aromatic nitrogens is 3. The summed E-state index contributed by atoms with van der Waals surface area (Å²) in [5.74, 6) is 0.0551. The molecule has 2 aromatic heterocycles. The highest BCUT2D eigenvalue weighted by molar-refractivity contribution is 6.33. The number of rotatable bonds is 10. The van der Waals surface area contributed by atoms with E-state index in [-0.39, 0.29) is 11.8 Å². The third-order valence-electron chi connectivity index (χ3n) is 6.41. The SMILES string of the molecule is CN(C)CCCC(=O)Nc1ccc(C(=O)Nc2cccc(Nc3ncc(Cl)c(-c4c[nH]c5ccccc45)n3)c2)cc1. The van der Waals surface area contributed by atoms with Gasteiger partial charge in [0.05, 0.1) is 16.9 Å². The third-order valence-corrected chi connectivity index (χ3v) is 6.68. The van der Waals surface area contributed by atoms with E-state index in [4.69, 9.17) is 11.6 Å². The predicted molar refractivity (Wildman–Crippen MR) is 165 cm³/mol. The van der Waals surface area contributed by atoms with Crippen LogP contribution in [0.25, 0.3) is 22.2 Å². The molecule has 0 fully saturated rings. The van der Waals surface area contributed by atoms with Crippen molar-refractivity contribution in [2.24, 2.45) is 0 Å². The van der Waals surface area contributed by atoms with E-state index in [9.17, 15) is 9.59 Å². The molecule has 5 aromatic rings. The van der Waals surface area contributed by atoms with Gasteiger partial charge < -0.3 is 25.8 Å². The minimum atomic E-state index is -0.268. The molecule has 9 nitrogen and oxygen atoms in total. The normalized spacial score (nSPS) is 11.0. The second-order valence-corrected chi connectivity index (χ2v) is 10.2. The Kier molecular flexibility index (Phi) is 8.57. The summed E-state index contributed by atoms with van der Waals surface area (Å²) in [7, 11) is 3.95. The standard InChI is InChI=1S/C31H30ClN7O2/c1-39(2)16-6-11-28(40)35-21-14-12-20(13-15-21)30(41)36-22-7-5-8-23(17-22)37-31-34-19-26(32)29(38-31)25-18-33-27-10-4-3-9-24(25)27/h3-5,7-10,12-15,17-19,33H,6,11,16H2,1-2H3,(H,35,40)(H,36,41)(H,34,37,38). The Morgan fingerprint density at radius 3 is 2.51 bits per heavy atom. The van der Waals surface area contributed by atoms with Crippen LogP contribution in [-0.4, -0.2) is 52.3 Å². The molecule has 0 saturated heterocycles. The molecule has 0 atom stereocenters. The Morgan fingerprint density at radius 1 is 0.927 bits per heavy atom. The fraction of sp³-hybridized carbons (Fsp3) is 0.161. The van der Waals surface area contributed by atoms with Gasteiger partial charge in [-0.15, -0.1) is 0 Å². The van der Waals surface area contributed by atoms with Gasteiger partial charge in [0, 0.05) is 51.7 Å². The van der Waals surface area contributed by atoms with Crippen molar-refractivity contribution >= 4 is 57.3 Å². The van der Waals surface area contributed by atoms with E-state index in [1.165, 1.54) is 0 Å². The molecule has 0 unspecified atom stereocenters. The number of aromatic amines is 1. The van der Waals surface area contributed by atoms with E-state index in [1.807, 2.05) is 61.6 Å². The number of fused-ring (bicyclic) bond motifs is 1. The van der Waals surface area contributed by atoms with E-state index in [0.29, 0.717) is 45.7 Å². The molecule has 0 bridgehead atoms. The number of hydrogen-bond donors (Lipinski definition) is 4. The molecule has 2 amide bonds. The van der Waals surface area contributed by atoms with Gasteiger partial charge in [-0.1, -0.05) is 35.9 Å². The number of nitrogens with zero attached hydrogens (tertiary/aromatic N) is 3. The molecule has 4 N–H and O–H groups in total. The Morgan fingerprint density at radius 2 is 1.71 bits per heavy atom. The number of nitrogens with one attached hydrogen (secondary N) is 4. The predicted octanol–water partition coefficient (Wildman–Crippen LogP) is 6.55. The van der Waals surface area contributed by atoms with Crippen LogP contribution in [0.15, 0.2) is 85.2 Å². The van der Waals surface area contributed by atoms with Crippen molar-refractivity contribution in [3.05, 3.63) is 95.8 Å². The van der Waals surface area contributed by atoms with E-state index < -0.39 is 0 Å². The summed E-state index contributed by atoms with van der Waals surface area (Å²) >= 11 is 6.46. The van der Waals surface area contributed by atoms with Gasteiger partial charge in [-0.05, 0) is 75.6 Å². The lowest BCUT2D eigenvalue weighted by molar-refractivity contribution is -0.116. The Labute approximate surface area is 243 Å². The van der Waals surface area contributed by atoms with Crippen molar-refractivity contribution in [2.45, 2.75) is 12.8 Å². The summed E-state index contributed by atoms with van der Waals surface area (Å²) in [4.78, 5) is 39.3. The Hall–Kier alpha value is -4.73. The van der Waals surface area contributed by atoms with Gasteiger partial charge in [-0.3, -0.25) is 9.59 Å². The lowest BCUT2D eigenvalue weighted by Crippen LogP contribution is -2.17. The van der Waals surface area contributed by atoms with Gasteiger partial charge in [0.25, 0.3) is 5.91 Å². The van der Waals surface area contributed by atoms with Crippen molar-refractivity contribution in [3.8, 4) is 11.3 Å². The molecule has 0 radical (unpaired) electrons. The number of H-pyrrole nitrogens is 1. The summed E-state index contributed by atoms with van der Waals surface area (Å²) in [5, 5.41) is 10.4. The Balaban J connectivity index is 1.23. The lowest BCUT2D eigenvalue weighted by atomic mass is 10.1. The maximum Gasteiger partial charge on any atom is 0.255 e. The fourth-order valence-electron chi connectivity index (χ4n) is 4.38. The first-order valence-corrected chi connectivity index (χ1v) is 13.6. The van der Waals surface area contributed by atoms with Crippen molar-refractivity contribution in [1.82, 2.24) is 19.9 Å². The molecule has 0 aliphatic heterocycles. The second kappa shape index (κ2) is 12.6. The molecule has 0 aliphatic carbocycles. The zero-order chi connectivity index (χ0) is 28.8. The van der Waals surface area contributed by atoms with Gasteiger partial charge in [-0.25, -0.2) is 9.97 Å². The smallest absolute Gasteiger partial charge is 0.255 e. The summed E-state index contributed by atoms with van der Waals surface area (Å²) in [6.07, 6.45) is 4.67. The van der Waals surface area contributed by atoms with Crippen LogP contribution in [0.1, 0.15) is 23.2 Å². The quantitative estimate of drug-likeness (QED) is 0.152. The first-order valence-electron chi connectivity index (χ1n) is 13.2. The van der Waals surface area contributed by atoms with E-state index in [2.05, 4.69) is 30.9 Å². The van der Waals surface area contributed by atoms with Gasteiger partial charge in [0.15, 0.2) is 0 Å². The highest BCUT2D eigenvalue weighted by Crippen LogP contribution is 2.32. The molecular weight excluding hydrogens is 538 g/mol. The number of anilines is 4. The van der Waals surface area contributed by atoms with Crippen molar-refractivity contribution in [3.63, 3.8) is 0 Å². The Bertz CT molecular complexity index is 1680. The van der Waals surface area contributed by atoms with Crippen molar-refractivity contribution in [2.75, 3.05) is 36.6 Å². The van der Waals surface area contributed by atoms with Crippen LogP contribution in [0.4, 0.5) is 23.0 Å². The molecule has 208 valence electrons. The zero-order valence-corrected chi connectivity index (χ0v) is 23.5. The van der Waals surface area contributed by atoms with Crippen LogP contribution < -0.4 is 16.0 Å². The largest absolute Gasteiger partial charge is 0.360 e. The average Bonchev–Trinajstić information content (AvgIpc) is 3.38. The molecule has 3 aromatic carbocycles. The fourth-order valence-corrected chi connectivity index (χ4v) is 4.57. The number of para-hydroxylation sites is 1. The molecule has 2 heterocycles. The number of amides is 2. The molecular formula is C31H30ClN7O2.